The summed E-state index contributed by atoms with van der Waals surface area (Å²) in [6.07, 6.45) is 2.74. The largest absolute Gasteiger partial charge is 0.458 e. The molecule has 1 saturated heterocycles. The maximum Gasteiger partial charge on any atom is 0.331 e. The van der Waals surface area contributed by atoms with E-state index < -0.39 is 42.4 Å². The van der Waals surface area contributed by atoms with E-state index in [1.54, 1.807) is 13.0 Å². The molecule has 5 fully saturated rings. The van der Waals surface area contributed by atoms with Gasteiger partial charge in [-0.3, -0.25) is 0 Å². The lowest BCUT2D eigenvalue weighted by Gasteiger charge is -2.64. The SMILES string of the molecule is CO[C@@H]1[C@H](O)[C@@H](O[C@@H]2C[C@H]3CC[C@@H]4[C@H](CC[C@]5(C)[C@@H](C6=CC(=O)OC6)CC[C@]45O)[C@@]3(C)[C@H](O)C2)O[C@H](C)[C@@H]1O. The van der Waals surface area contributed by atoms with Gasteiger partial charge in [-0.1, -0.05) is 13.8 Å². The molecule has 220 valence electrons. The van der Waals surface area contributed by atoms with Crippen molar-refractivity contribution in [1.82, 2.24) is 0 Å². The van der Waals surface area contributed by atoms with E-state index >= 15 is 0 Å². The molecule has 2 heterocycles. The lowest BCUT2D eigenvalue weighted by Crippen LogP contribution is -2.65. The maximum atomic E-state index is 12.4. The first-order valence-electron chi connectivity index (χ1n) is 14.9. The van der Waals surface area contributed by atoms with Gasteiger partial charge in [0.15, 0.2) is 6.29 Å². The summed E-state index contributed by atoms with van der Waals surface area (Å²) in [6.45, 7) is 6.49. The zero-order valence-corrected chi connectivity index (χ0v) is 23.6. The summed E-state index contributed by atoms with van der Waals surface area (Å²) < 4.78 is 22.6. The molecular weight excluding hydrogens is 504 g/mol. The molecule has 0 aromatic heterocycles. The van der Waals surface area contributed by atoms with E-state index in [1.165, 1.54) is 7.11 Å². The lowest BCUT2D eigenvalue weighted by molar-refractivity contribution is -0.317. The van der Waals surface area contributed by atoms with Crippen molar-refractivity contribution in [3.05, 3.63) is 11.6 Å². The van der Waals surface area contributed by atoms with Crippen LogP contribution in [0.3, 0.4) is 0 Å². The van der Waals surface area contributed by atoms with Crippen LogP contribution in [0.1, 0.15) is 72.1 Å². The van der Waals surface area contributed by atoms with Crippen molar-refractivity contribution in [2.24, 2.45) is 34.5 Å². The molecule has 14 atom stereocenters. The van der Waals surface area contributed by atoms with Gasteiger partial charge in [-0.2, -0.15) is 0 Å². The average Bonchev–Trinajstić information content (AvgIpc) is 3.43. The number of esters is 1. The molecule has 4 N–H and O–H groups in total. The van der Waals surface area contributed by atoms with Crippen molar-refractivity contribution >= 4 is 5.97 Å². The second kappa shape index (κ2) is 9.75. The van der Waals surface area contributed by atoms with E-state index in [4.69, 9.17) is 18.9 Å². The molecular formula is C30H46O9. The third-order valence-corrected chi connectivity index (χ3v) is 12.4. The number of cyclic esters (lactones) is 1. The number of rotatable bonds is 4. The molecule has 6 aliphatic rings. The molecule has 0 unspecified atom stereocenters. The van der Waals surface area contributed by atoms with Crippen LogP contribution in [-0.4, -0.2) is 88.6 Å². The first kappa shape index (κ1) is 28.1. The fraction of sp³-hybridized carbons (Fsp3) is 0.900. The Kier molecular flexibility index (Phi) is 7.02. The van der Waals surface area contributed by atoms with E-state index in [9.17, 15) is 25.2 Å². The van der Waals surface area contributed by atoms with Crippen molar-refractivity contribution in [2.75, 3.05) is 13.7 Å². The van der Waals surface area contributed by atoms with Crippen LogP contribution in [0.2, 0.25) is 0 Å². The van der Waals surface area contributed by atoms with Gasteiger partial charge in [0.1, 0.15) is 24.9 Å². The average molecular weight is 551 g/mol. The second-order valence-electron chi connectivity index (χ2n) is 13.8. The van der Waals surface area contributed by atoms with Gasteiger partial charge < -0.3 is 39.4 Å². The summed E-state index contributed by atoms with van der Waals surface area (Å²) >= 11 is 0. The van der Waals surface area contributed by atoms with Crippen LogP contribution in [0.25, 0.3) is 0 Å². The highest BCUT2D eigenvalue weighted by molar-refractivity contribution is 5.85. The number of ether oxygens (including phenoxy) is 4. The van der Waals surface area contributed by atoms with Gasteiger partial charge in [0.25, 0.3) is 0 Å². The van der Waals surface area contributed by atoms with Gasteiger partial charge >= 0.3 is 5.97 Å². The number of carbonyl (C=O) groups is 1. The summed E-state index contributed by atoms with van der Waals surface area (Å²) in [5.74, 6) is 0.393. The fourth-order valence-electron chi connectivity index (χ4n) is 10.1. The highest BCUT2D eigenvalue weighted by Gasteiger charge is 2.69. The maximum absolute atomic E-state index is 12.4. The Balaban J connectivity index is 1.19. The molecule has 39 heavy (non-hydrogen) atoms. The van der Waals surface area contributed by atoms with Crippen LogP contribution in [-0.2, 0) is 23.7 Å². The number of aliphatic hydroxyl groups is 4. The monoisotopic (exact) mass is 550 g/mol. The number of methoxy groups -OCH3 is 1. The first-order valence-corrected chi connectivity index (χ1v) is 14.9. The first-order chi connectivity index (χ1) is 18.4. The van der Waals surface area contributed by atoms with Crippen LogP contribution in [0, 0.1) is 34.5 Å². The Labute approximate surface area is 230 Å². The Morgan fingerprint density at radius 2 is 1.77 bits per heavy atom. The smallest absolute Gasteiger partial charge is 0.331 e. The molecule has 2 aliphatic heterocycles. The number of fused-ring (bicyclic) bond motifs is 5. The molecule has 0 aromatic rings. The highest BCUT2D eigenvalue weighted by atomic mass is 16.7. The molecule has 0 aromatic carbocycles. The molecule has 4 saturated carbocycles. The van der Waals surface area contributed by atoms with Crippen LogP contribution in [0.5, 0.6) is 0 Å². The quantitative estimate of drug-likeness (QED) is 0.307. The molecule has 9 heteroatoms. The van der Waals surface area contributed by atoms with E-state index in [0.29, 0.717) is 19.4 Å². The molecule has 9 nitrogen and oxygen atoms in total. The normalized spacial score (nSPS) is 55.3. The minimum absolute atomic E-state index is 0.0986. The number of carbonyl (C=O) groups excluding carboxylic acids is 1. The Hall–Kier alpha value is -1.07. The zero-order valence-electron chi connectivity index (χ0n) is 23.6. The van der Waals surface area contributed by atoms with Gasteiger partial charge in [0, 0.05) is 25.0 Å². The number of hydrogen-bond donors (Lipinski definition) is 4. The molecule has 0 amide bonds. The minimum Gasteiger partial charge on any atom is -0.458 e. The van der Waals surface area contributed by atoms with Crippen LogP contribution in [0.15, 0.2) is 11.6 Å². The number of hydrogen-bond acceptors (Lipinski definition) is 9. The molecule has 4 aliphatic carbocycles. The Morgan fingerprint density at radius 1 is 1.00 bits per heavy atom. The van der Waals surface area contributed by atoms with Gasteiger partial charge in [0.05, 0.1) is 23.9 Å². The van der Waals surface area contributed by atoms with Crippen molar-refractivity contribution < 1.29 is 44.2 Å². The lowest BCUT2D eigenvalue weighted by atomic mass is 9.42. The fourth-order valence-corrected chi connectivity index (χ4v) is 10.1. The van der Waals surface area contributed by atoms with E-state index in [1.807, 2.05) is 0 Å². The summed E-state index contributed by atoms with van der Waals surface area (Å²) in [4.78, 5) is 11.8. The number of aliphatic hydroxyl groups excluding tert-OH is 3. The minimum atomic E-state index is -1.13. The molecule has 0 bridgehead atoms. The van der Waals surface area contributed by atoms with Crippen molar-refractivity contribution in [3.8, 4) is 0 Å². The van der Waals surface area contributed by atoms with E-state index in [-0.39, 0.29) is 46.6 Å². The third-order valence-electron chi connectivity index (χ3n) is 12.4. The highest BCUT2D eigenvalue weighted by Crippen LogP contribution is 2.70. The molecule has 0 spiro atoms. The van der Waals surface area contributed by atoms with Crippen LogP contribution in [0.4, 0.5) is 0 Å². The third kappa shape index (κ3) is 4.02. The van der Waals surface area contributed by atoms with Gasteiger partial charge in [-0.05, 0) is 86.5 Å². The van der Waals surface area contributed by atoms with Crippen molar-refractivity contribution in [2.45, 2.75) is 121 Å². The molecule has 6 rings (SSSR count). The van der Waals surface area contributed by atoms with Crippen LogP contribution < -0.4 is 0 Å². The summed E-state index contributed by atoms with van der Waals surface area (Å²) in [7, 11) is 1.45. The Bertz CT molecular complexity index is 1000. The van der Waals surface area contributed by atoms with Gasteiger partial charge in [0.2, 0.25) is 0 Å². The summed E-state index contributed by atoms with van der Waals surface area (Å²) in [5, 5.41) is 45.2. The molecule has 0 radical (unpaired) electrons. The van der Waals surface area contributed by atoms with Gasteiger partial charge in [-0.25, -0.2) is 4.79 Å². The van der Waals surface area contributed by atoms with Crippen molar-refractivity contribution in [3.63, 3.8) is 0 Å². The van der Waals surface area contributed by atoms with E-state index in [0.717, 1.165) is 44.1 Å². The van der Waals surface area contributed by atoms with Gasteiger partial charge in [-0.15, -0.1) is 0 Å². The second-order valence-corrected chi connectivity index (χ2v) is 13.8. The topological polar surface area (TPSA) is 135 Å². The van der Waals surface area contributed by atoms with Crippen LogP contribution >= 0.6 is 0 Å². The van der Waals surface area contributed by atoms with Crippen molar-refractivity contribution in [1.29, 1.82) is 0 Å². The predicted octanol–water partition coefficient (Wildman–Crippen LogP) is 2.08. The standard InChI is InChI=1S/C30H46O9/c1-15-24(33)26(36-4)25(34)27(38-15)39-18-12-17-5-6-21-20(29(17,3)22(31)13-18)7-9-28(2)19(8-10-30(21,28)35)16-11-23(32)37-14-16/h11,15,17-22,24-27,31,33-35H,5-10,12-14H2,1-4H3/t15-,17-,18-,19-,20+,21-,22-,24+,25+,26+,27-,28-,29+,30+/m1/s1. The predicted molar refractivity (Wildman–Crippen MR) is 139 cm³/mol. The summed E-state index contributed by atoms with van der Waals surface area (Å²) in [5.41, 5.74) is -0.455. The van der Waals surface area contributed by atoms with E-state index in [2.05, 4.69) is 13.8 Å². The zero-order chi connectivity index (χ0) is 27.9. The summed E-state index contributed by atoms with van der Waals surface area (Å²) in [6, 6.07) is 0. The Morgan fingerprint density at radius 3 is 2.46 bits per heavy atom.